The number of carbonyl (C=O) groups excluding carboxylic acids is 4. The molecule has 3 aromatic carbocycles. The topological polar surface area (TPSA) is 139 Å². The van der Waals surface area contributed by atoms with Crippen LogP contribution in [0.15, 0.2) is 120 Å². The van der Waals surface area contributed by atoms with Gasteiger partial charge in [-0.05, 0) is 71.3 Å². The second-order valence-electron chi connectivity index (χ2n) is 12.3. The summed E-state index contributed by atoms with van der Waals surface area (Å²) in [6.45, 7) is 6.63. The van der Waals surface area contributed by atoms with Crippen LogP contribution < -0.4 is 20.7 Å². The van der Waals surface area contributed by atoms with Gasteiger partial charge >= 0.3 is 6.03 Å². The van der Waals surface area contributed by atoms with Crippen LogP contribution in [0.2, 0.25) is 0 Å². The van der Waals surface area contributed by atoms with Gasteiger partial charge in [0.15, 0.2) is 6.29 Å². The van der Waals surface area contributed by atoms with Crippen LogP contribution in [0.5, 0.6) is 5.75 Å². The summed E-state index contributed by atoms with van der Waals surface area (Å²) in [7, 11) is 1.71. The summed E-state index contributed by atoms with van der Waals surface area (Å²) < 4.78 is 5.84. The van der Waals surface area contributed by atoms with Crippen molar-refractivity contribution < 1.29 is 23.9 Å². The molecule has 4 rings (SSSR count). The van der Waals surface area contributed by atoms with Gasteiger partial charge in [-0.3, -0.25) is 24.4 Å². The number of rotatable bonds is 14. The summed E-state index contributed by atoms with van der Waals surface area (Å²) in [5.74, 6) is -0.552. The van der Waals surface area contributed by atoms with Gasteiger partial charge in [0.05, 0.1) is 6.61 Å². The number of ketones is 1. The molecule has 1 atom stereocenters. The molecule has 252 valence electrons. The van der Waals surface area contributed by atoms with Gasteiger partial charge in [-0.25, -0.2) is 4.79 Å². The second kappa shape index (κ2) is 17.3. The lowest BCUT2D eigenvalue weighted by Gasteiger charge is -2.20. The molecule has 0 spiro atoms. The minimum absolute atomic E-state index is 0.208. The van der Waals surface area contributed by atoms with Gasteiger partial charge in [-0.1, -0.05) is 63.2 Å². The van der Waals surface area contributed by atoms with E-state index < -0.39 is 23.8 Å². The van der Waals surface area contributed by atoms with Crippen molar-refractivity contribution in [3.63, 3.8) is 0 Å². The molecule has 10 nitrogen and oxygen atoms in total. The van der Waals surface area contributed by atoms with E-state index in [1.165, 1.54) is 0 Å². The molecule has 0 aliphatic heterocycles. The van der Waals surface area contributed by atoms with Gasteiger partial charge in [-0.15, -0.1) is 0 Å². The summed E-state index contributed by atoms with van der Waals surface area (Å²) in [6.07, 6.45) is 6.66. The number of carbonyl (C=O) groups is 4. The first-order valence-electron chi connectivity index (χ1n) is 15.9. The zero-order chi connectivity index (χ0) is 35.2. The van der Waals surface area contributed by atoms with E-state index in [0.717, 1.165) is 23.3 Å². The van der Waals surface area contributed by atoms with Crippen LogP contribution in [0.25, 0.3) is 0 Å². The standard InChI is InChI=1S/C39H41N5O5/c1-39(2,3)35(40-4)25-32(43-38(48)42-31-14-16-33(17-15-31)49-23-20-27-18-21-41-22-19-27)24-28-10-12-30(13-11-28)37(47)44-36(34(46)26-45)29-8-6-5-7-9-29/h5-19,21-22,25-26,36H,20,23-24H2,1-4H3,(H,44,47)(H2,42,43,48)/b32-25+,40-35?. The van der Waals surface area contributed by atoms with E-state index in [1.807, 2.05) is 39.0 Å². The Morgan fingerprint density at radius 1 is 0.878 bits per heavy atom. The molecule has 3 N–H and O–H groups in total. The second-order valence-corrected chi connectivity index (χ2v) is 12.3. The first-order valence-corrected chi connectivity index (χ1v) is 15.9. The van der Waals surface area contributed by atoms with Crippen LogP contribution in [0, 0.1) is 5.41 Å². The van der Waals surface area contributed by atoms with Crippen molar-refractivity contribution in [3.05, 3.63) is 137 Å². The van der Waals surface area contributed by atoms with Crippen molar-refractivity contribution in [2.45, 2.75) is 39.7 Å². The minimum Gasteiger partial charge on any atom is -0.493 e. The number of aliphatic imine (C=N–C) groups is 1. The molecule has 0 fully saturated rings. The van der Waals surface area contributed by atoms with Crippen LogP contribution in [-0.2, 0) is 22.4 Å². The molecule has 3 amide bonds. The molecule has 1 unspecified atom stereocenters. The number of aromatic nitrogens is 1. The van der Waals surface area contributed by atoms with Crippen molar-refractivity contribution in [3.8, 4) is 5.75 Å². The molecule has 4 aromatic rings. The molecule has 0 radical (unpaired) electrons. The minimum atomic E-state index is -1.09. The zero-order valence-electron chi connectivity index (χ0n) is 28.1. The maximum Gasteiger partial charge on any atom is 0.323 e. The number of amides is 3. The Kier molecular flexibility index (Phi) is 12.7. The number of nitrogens with one attached hydrogen (secondary N) is 3. The Labute approximate surface area is 286 Å². The highest BCUT2D eigenvalue weighted by Gasteiger charge is 2.23. The van der Waals surface area contributed by atoms with E-state index in [2.05, 4.69) is 25.9 Å². The SMILES string of the molecule is CN=C(/C=C(\Cc1ccc(C(=O)NC(C(=O)C=O)c2ccccc2)cc1)NC(=O)Nc1ccc(OCCc2ccncc2)cc1)C(C)(C)C. The van der Waals surface area contributed by atoms with Crippen molar-refractivity contribution in [2.24, 2.45) is 10.4 Å². The summed E-state index contributed by atoms with van der Waals surface area (Å²) in [5, 5.41) is 8.49. The number of benzene rings is 3. The number of pyridine rings is 1. The number of aldehydes is 1. The van der Waals surface area contributed by atoms with Crippen LogP contribution >= 0.6 is 0 Å². The van der Waals surface area contributed by atoms with E-state index >= 15 is 0 Å². The van der Waals surface area contributed by atoms with Crippen LogP contribution in [0.3, 0.4) is 0 Å². The predicted octanol–water partition coefficient (Wildman–Crippen LogP) is 6.31. The van der Waals surface area contributed by atoms with E-state index in [0.29, 0.717) is 41.3 Å². The summed E-state index contributed by atoms with van der Waals surface area (Å²) in [4.78, 5) is 58.2. The zero-order valence-corrected chi connectivity index (χ0v) is 28.1. The molecule has 0 saturated carbocycles. The molecule has 49 heavy (non-hydrogen) atoms. The number of hydrogen-bond donors (Lipinski definition) is 3. The number of anilines is 1. The van der Waals surface area contributed by atoms with Crippen LogP contribution in [0.4, 0.5) is 10.5 Å². The molecular formula is C39H41N5O5. The van der Waals surface area contributed by atoms with E-state index in [4.69, 9.17) is 4.74 Å². The quantitative estimate of drug-likeness (QED) is 0.0824. The van der Waals surface area contributed by atoms with Crippen molar-refractivity contribution in [1.29, 1.82) is 0 Å². The first kappa shape index (κ1) is 35.9. The Morgan fingerprint density at radius 3 is 2.16 bits per heavy atom. The molecule has 0 aliphatic rings. The molecule has 0 bridgehead atoms. The summed E-state index contributed by atoms with van der Waals surface area (Å²) >= 11 is 0. The Morgan fingerprint density at radius 2 is 1.55 bits per heavy atom. The molecule has 0 saturated heterocycles. The average Bonchev–Trinajstić information content (AvgIpc) is 3.10. The monoisotopic (exact) mass is 659 g/mol. The lowest BCUT2D eigenvalue weighted by molar-refractivity contribution is -0.131. The normalized spacial score (nSPS) is 12.4. The lowest BCUT2D eigenvalue weighted by Crippen LogP contribution is -2.34. The third kappa shape index (κ3) is 11.1. The fourth-order valence-electron chi connectivity index (χ4n) is 4.93. The third-order valence-electron chi connectivity index (χ3n) is 7.54. The van der Waals surface area contributed by atoms with Crippen LogP contribution in [0.1, 0.15) is 53.9 Å². The highest BCUT2D eigenvalue weighted by atomic mass is 16.5. The predicted molar refractivity (Wildman–Crippen MR) is 191 cm³/mol. The third-order valence-corrected chi connectivity index (χ3v) is 7.54. The Balaban J connectivity index is 1.41. The fourth-order valence-corrected chi connectivity index (χ4v) is 4.93. The molecular weight excluding hydrogens is 618 g/mol. The Hall–Kier alpha value is -5.90. The summed E-state index contributed by atoms with van der Waals surface area (Å²) in [5.41, 5.74) is 4.49. The largest absolute Gasteiger partial charge is 0.493 e. The van der Waals surface area contributed by atoms with Crippen LogP contribution in [-0.4, -0.2) is 48.4 Å². The van der Waals surface area contributed by atoms with E-state index in [-0.39, 0.29) is 11.7 Å². The van der Waals surface area contributed by atoms with Gasteiger partial charge in [0.25, 0.3) is 5.91 Å². The molecule has 1 heterocycles. The lowest BCUT2D eigenvalue weighted by atomic mass is 9.88. The van der Waals surface area contributed by atoms with Gasteiger partial charge < -0.3 is 20.7 Å². The van der Waals surface area contributed by atoms with E-state index in [1.54, 1.807) is 98.3 Å². The van der Waals surface area contributed by atoms with Gasteiger partial charge in [0.2, 0.25) is 5.78 Å². The molecule has 0 aliphatic carbocycles. The average molecular weight is 660 g/mol. The smallest absolute Gasteiger partial charge is 0.323 e. The van der Waals surface area contributed by atoms with Crippen molar-refractivity contribution >= 4 is 35.4 Å². The number of Topliss-reactive ketones (excluding diaryl/α,β-unsaturated/α-hetero) is 1. The number of allylic oxidation sites excluding steroid dienone is 2. The molecule has 10 heteroatoms. The number of ether oxygens (including phenoxy) is 1. The van der Waals surface area contributed by atoms with Crippen molar-refractivity contribution in [2.75, 3.05) is 19.0 Å². The van der Waals surface area contributed by atoms with E-state index in [9.17, 15) is 19.2 Å². The maximum absolute atomic E-state index is 13.1. The van der Waals surface area contributed by atoms with Gasteiger partial charge in [0, 0.05) is 60.4 Å². The van der Waals surface area contributed by atoms with Crippen molar-refractivity contribution in [1.82, 2.24) is 15.6 Å². The van der Waals surface area contributed by atoms with Gasteiger partial charge in [0.1, 0.15) is 11.8 Å². The van der Waals surface area contributed by atoms with Gasteiger partial charge in [-0.2, -0.15) is 0 Å². The highest BCUT2D eigenvalue weighted by Crippen LogP contribution is 2.21. The first-order chi connectivity index (χ1) is 23.5. The number of nitrogens with zero attached hydrogens (tertiary/aromatic N) is 2. The fraction of sp³-hybridized carbons (Fsp3) is 0.231. The highest BCUT2D eigenvalue weighted by molar-refractivity contribution is 6.28. The maximum atomic E-state index is 13.1. The Bertz CT molecular complexity index is 1780. The number of hydrogen-bond acceptors (Lipinski definition) is 7. The number of urea groups is 1. The molecule has 1 aromatic heterocycles. The summed E-state index contributed by atoms with van der Waals surface area (Å²) in [6, 6.07) is 24.9.